The van der Waals surface area contributed by atoms with E-state index < -0.39 is 12.0 Å². The van der Waals surface area contributed by atoms with Crippen molar-refractivity contribution in [1.29, 1.82) is 0 Å². The fraction of sp³-hybridized carbons (Fsp3) is 0.625. The molecule has 1 heterocycles. The molecule has 1 atom stereocenters. The van der Waals surface area contributed by atoms with Crippen molar-refractivity contribution in [2.75, 3.05) is 5.73 Å². The van der Waals surface area contributed by atoms with E-state index in [0.717, 1.165) is 0 Å². The highest BCUT2D eigenvalue weighted by Gasteiger charge is 2.45. The van der Waals surface area contributed by atoms with Crippen molar-refractivity contribution in [2.24, 2.45) is 0 Å². The Morgan fingerprint density at radius 3 is 2.85 bits per heavy atom. The van der Waals surface area contributed by atoms with Gasteiger partial charge in [0.1, 0.15) is 11.9 Å². The van der Waals surface area contributed by atoms with Crippen molar-refractivity contribution in [3.63, 3.8) is 0 Å². The number of nitrogens with two attached hydrogens (primary N) is 1. The fourth-order valence-corrected chi connectivity index (χ4v) is 1.80. The number of nitrogens with zero attached hydrogens (tertiary/aromatic N) is 2. The molecule has 1 aliphatic rings. The summed E-state index contributed by atoms with van der Waals surface area (Å²) in [5.74, 6) is -2.34. The van der Waals surface area contributed by atoms with E-state index in [-0.39, 0.29) is 6.42 Å². The third kappa shape index (κ3) is 1.28. The normalized spacial score (nSPS) is 26.5. The van der Waals surface area contributed by atoms with Gasteiger partial charge in [-0.2, -0.15) is 5.10 Å². The number of hydrogen-bond acceptors (Lipinski definition) is 2. The molecule has 13 heavy (non-hydrogen) atoms. The van der Waals surface area contributed by atoms with Gasteiger partial charge >= 0.3 is 0 Å². The molecule has 0 amide bonds. The monoisotopic (exact) mass is 187 g/mol. The first-order chi connectivity index (χ1) is 6.11. The molecule has 1 unspecified atom stereocenters. The lowest BCUT2D eigenvalue weighted by atomic mass is 10.2. The van der Waals surface area contributed by atoms with Crippen LogP contribution in [-0.4, -0.2) is 15.7 Å². The minimum atomic E-state index is -2.65. The second-order valence-electron chi connectivity index (χ2n) is 3.37. The SMILES string of the molecule is Nc1ccnn1C1CCCC1(F)F. The van der Waals surface area contributed by atoms with Gasteiger partial charge in [-0.1, -0.05) is 0 Å². The maximum Gasteiger partial charge on any atom is 0.270 e. The minimum absolute atomic E-state index is 0.0586. The van der Waals surface area contributed by atoms with Gasteiger partial charge in [-0.25, -0.2) is 13.5 Å². The van der Waals surface area contributed by atoms with Gasteiger partial charge in [0, 0.05) is 6.42 Å². The van der Waals surface area contributed by atoms with Crippen molar-refractivity contribution >= 4 is 5.82 Å². The molecule has 1 aromatic rings. The van der Waals surface area contributed by atoms with E-state index in [1.54, 1.807) is 0 Å². The zero-order chi connectivity index (χ0) is 9.47. The van der Waals surface area contributed by atoms with Crippen LogP contribution in [0.5, 0.6) is 0 Å². The van der Waals surface area contributed by atoms with E-state index in [1.807, 2.05) is 0 Å². The van der Waals surface area contributed by atoms with Crippen LogP contribution in [0.1, 0.15) is 25.3 Å². The van der Waals surface area contributed by atoms with Gasteiger partial charge in [-0.05, 0) is 18.9 Å². The van der Waals surface area contributed by atoms with Crippen LogP contribution < -0.4 is 5.73 Å². The van der Waals surface area contributed by atoms with Crippen molar-refractivity contribution in [3.8, 4) is 0 Å². The molecule has 0 aliphatic heterocycles. The van der Waals surface area contributed by atoms with E-state index in [4.69, 9.17) is 5.73 Å². The molecule has 0 radical (unpaired) electrons. The summed E-state index contributed by atoms with van der Waals surface area (Å²) in [6, 6.07) is 0.691. The number of rotatable bonds is 1. The molecule has 1 fully saturated rings. The number of alkyl halides is 2. The predicted octanol–water partition coefficient (Wildman–Crippen LogP) is 1.83. The molecule has 0 bridgehead atoms. The number of aromatic nitrogens is 2. The van der Waals surface area contributed by atoms with Crippen molar-refractivity contribution in [2.45, 2.75) is 31.2 Å². The average Bonchev–Trinajstić information content (AvgIpc) is 2.56. The van der Waals surface area contributed by atoms with Crippen LogP contribution in [0.4, 0.5) is 14.6 Å². The number of halogens is 2. The third-order valence-electron chi connectivity index (χ3n) is 2.47. The Labute approximate surface area is 74.5 Å². The van der Waals surface area contributed by atoms with Crippen LogP contribution in [0.3, 0.4) is 0 Å². The fourth-order valence-electron chi connectivity index (χ4n) is 1.80. The quantitative estimate of drug-likeness (QED) is 0.728. The largest absolute Gasteiger partial charge is 0.384 e. The Bertz CT molecular complexity index is 308. The average molecular weight is 187 g/mol. The lowest BCUT2D eigenvalue weighted by Crippen LogP contribution is -2.26. The summed E-state index contributed by atoms with van der Waals surface area (Å²) in [6.45, 7) is 0. The van der Waals surface area contributed by atoms with Gasteiger partial charge in [0.2, 0.25) is 0 Å². The summed E-state index contributed by atoms with van der Waals surface area (Å²) in [5.41, 5.74) is 5.51. The highest BCUT2D eigenvalue weighted by Crippen LogP contribution is 2.43. The predicted molar refractivity (Wildman–Crippen MR) is 44.5 cm³/mol. The first-order valence-electron chi connectivity index (χ1n) is 4.28. The summed E-state index contributed by atoms with van der Waals surface area (Å²) in [4.78, 5) is 0. The molecule has 5 heteroatoms. The van der Waals surface area contributed by atoms with E-state index in [0.29, 0.717) is 18.7 Å². The standard InChI is InChI=1S/C8H11F2N3/c9-8(10)4-1-2-6(8)13-7(11)3-5-12-13/h3,5-6H,1-2,4,11H2. The van der Waals surface area contributed by atoms with Crippen molar-refractivity contribution in [1.82, 2.24) is 9.78 Å². The molecular formula is C8H11F2N3. The van der Waals surface area contributed by atoms with Crippen molar-refractivity contribution in [3.05, 3.63) is 12.3 Å². The molecule has 3 nitrogen and oxygen atoms in total. The summed E-state index contributed by atoms with van der Waals surface area (Å²) in [7, 11) is 0. The topological polar surface area (TPSA) is 43.8 Å². The lowest BCUT2D eigenvalue weighted by Gasteiger charge is -2.20. The van der Waals surface area contributed by atoms with Crippen LogP contribution >= 0.6 is 0 Å². The summed E-state index contributed by atoms with van der Waals surface area (Å²) in [5, 5.41) is 3.81. The Morgan fingerprint density at radius 1 is 1.62 bits per heavy atom. The first kappa shape index (κ1) is 8.47. The molecular weight excluding hydrogens is 176 g/mol. The van der Waals surface area contributed by atoms with Crippen LogP contribution in [0.2, 0.25) is 0 Å². The maximum atomic E-state index is 13.2. The molecule has 0 spiro atoms. The van der Waals surface area contributed by atoms with Crippen LogP contribution in [0, 0.1) is 0 Å². The first-order valence-corrected chi connectivity index (χ1v) is 4.28. The lowest BCUT2D eigenvalue weighted by molar-refractivity contribution is -0.0336. The molecule has 2 N–H and O–H groups in total. The van der Waals surface area contributed by atoms with Gasteiger partial charge in [0.15, 0.2) is 0 Å². The Hall–Kier alpha value is -1.13. The highest BCUT2D eigenvalue weighted by atomic mass is 19.3. The molecule has 1 saturated carbocycles. The van der Waals surface area contributed by atoms with Crippen molar-refractivity contribution < 1.29 is 8.78 Å². The zero-order valence-electron chi connectivity index (χ0n) is 7.08. The van der Waals surface area contributed by atoms with Gasteiger partial charge in [0.25, 0.3) is 5.92 Å². The second kappa shape index (κ2) is 2.68. The van der Waals surface area contributed by atoms with Crippen LogP contribution in [-0.2, 0) is 0 Å². The Balaban J connectivity index is 2.31. The van der Waals surface area contributed by atoms with E-state index in [9.17, 15) is 8.78 Å². The molecule has 0 aromatic carbocycles. The summed E-state index contributed by atoms with van der Waals surface area (Å²) < 4.78 is 27.7. The zero-order valence-corrected chi connectivity index (χ0v) is 7.08. The number of nitrogen functional groups attached to an aromatic ring is 1. The van der Waals surface area contributed by atoms with Crippen LogP contribution in [0.25, 0.3) is 0 Å². The maximum absolute atomic E-state index is 13.2. The van der Waals surface area contributed by atoms with Gasteiger partial charge in [0.05, 0.1) is 6.20 Å². The Morgan fingerprint density at radius 2 is 2.38 bits per heavy atom. The van der Waals surface area contributed by atoms with Crippen LogP contribution in [0.15, 0.2) is 12.3 Å². The summed E-state index contributed by atoms with van der Waals surface area (Å²) >= 11 is 0. The number of anilines is 1. The highest BCUT2D eigenvalue weighted by molar-refractivity contribution is 5.27. The molecule has 1 aliphatic carbocycles. The molecule has 72 valence electrons. The minimum Gasteiger partial charge on any atom is -0.384 e. The van der Waals surface area contributed by atoms with E-state index in [1.165, 1.54) is 16.9 Å². The van der Waals surface area contributed by atoms with Gasteiger partial charge < -0.3 is 5.73 Å². The third-order valence-corrected chi connectivity index (χ3v) is 2.47. The molecule has 1 aromatic heterocycles. The molecule has 0 saturated heterocycles. The second-order valence-corrected chi connectivity index (χ2v) is 3.37. The van der Waals surface area contributed by atoms with E-state index in [2.05, 4.69) is 5.10 Å². The molecule has 2 rings (SSSR count). The number of hydrogen-bond donors (Lipinski definition) is 1. The summed E-state index contributed by atoms with van der Waals surface area (Å²) in [6.07, 6.45) is 2.39. The van der Waals surface area contributed by atoms with Gasteiger partial charge in [-0.15, -0.1) is 0 Å². The van der Waals surface area contributed by atoms with Gasteiger partial charge in [-0.3, -0.25) is 0 Å². The smallest absolute Gasteiger partial charge is 0.270 e. The van der Waals surface area contributed by atoms with E-state index >= 15 is 0 Å². The Kier molecular flexibility index (Phi) is 1.75.